The van der Waals surface area contributed by atoms with Crippen molar-refractivity contribution in [2.75, 3.05) is 32.2 Å². The molecule has 0 unspecified atom stereocenters. The van der Waals surface area contributed by atoms with Crippen LogP contribution in [0, 0.1) is 17.2 Å². The number of fused-ring (bicyclic) bond motifs is 1. The zero-order chi connectivity index (χ0) is 37.9. The number of nitrogens with zero attached hydrogens (tertiary/aromatic N) is 4. The third-order valence-electron chi connectivity index (χ3n) is 8.11. The van der Waals surface area contributed by atoms with Crippen molar-refractivity contribution in [3.8, 4) is 11.8 Å². The lowest BCUT2D eigenvalue weighted by Crippen LogP contribution is -2.46. The highest BCUT2D eigenvalue weighted by molar-refractivity contribution is 7.52. The first-order valence-electron chi connectivity index (χ1n) is 16.7. The number of ether oxygens (including phenoxy) is 6. The summed E-state index contributed by atoms with van der Waals surface area (Å²) in [6.45, 7) is 7.72. The van der Waals surface area contributed by atoms with Gasteiger partial charge in [0.1, 0.15) is 35.8 Å². The van der Waals surface area contributed by atoms with Gasteiger partial charge in [-0.15, -0.1) is 0 Å². The van der Waals surface area contributed by atoms with Crippen LogP contribution < -0.4 is 15.3 Å². The lowest BCUT2D eigenvalue weighted by atomic mass is 9.92. The summed E-state index contributed by atoms with van der Waals surface area (Å²) < 4.78 is 60.2. The summed E-state index contributed by atoms with van der Waals surface area (Å²) in [6, 6.07) is 11.8. The molecule has 4 rings (SSSR count). The minimum Gasteiger partial charge on any atom is -0.464 e. The third-order valence-corrected chi connectivity index (χ3v) is 9.75. The molecule has 18 nitrogen and oxygen atoms in total. The number of nitrogen functional groups attached to an aromatic ring is 1. The molecule has 1 aliphatic heterocycles. The Kier molecular flexibility index (Phi) is 13.8. The standard InChI is InChI=1S/C33H43N6O12P/c1-6-22(7-2)17-46-30(40)21(5)38-52(43,51-23-13-11-10-12-14-23)47-18-25-27(48-31(41)44-8-3)28(49-32(42)45-9-4)33(19-34,50-25)26-16-15-24-29(35)36-20-37-39(24)26/h10-16,20-22,25,27-28H,6-9,17-18H2,1-5H3,(H,38,43)(H2,35,36,37)/t21-,25+,27+,28+,33-,52-/m0/s1. The summed E-state index contributed by atoms with van der Waals surface area (Å²) in [7, 11) is -4.51. The maximum Gasteiger partial charge on any atom is 0.508 e. The highest BCUT2D eigenvalue weighted by Gasteiger charge is 2.63. The molecule has 2 aromatic heterocycles. The maximum atomic E-state index is 14.4. The van der Waals surface area contributed by atoms with Crippen LogP contribution in [-0.4, -0.2) is 83.7 Å². The van der Waals surface area contributed by atoms with E-state index in [1.54, 1.807) is 18.2 Å². The number of carbonyl (C=O) groups is 3. The first kappa shape index (κ1) is 39.8. The lowest BCUT2D eigenvalue weighted by molar-refractivity contribution is -0.146. The molecule has 1 saturated heterocycles. The SMILES string of the molecule is CCOC(=O)O[C@H]1[C@@H](OC(=O)OCC)[C@](C#N)(c2ccc3c(N)ncnn23)O[C@@H]1CO[P@@](=O)(N[C@@H](C)C(=O)OCC(CC)CC)Oc1ccccc1. The molecule has 0 saturated carbocycles. The maximum absolute atomic E-state index is 14.4. The van der Waals surface area contributed by atoms with Crippen LogP contribution in [0.3, 0.4) is 0 Å². The van der Waals surface area contributed by atoms with Gasteiger partial charge in [-0.25, -0.2) is 23.7 Å². The van der Waals surface area contributed by atoms with Crippen molar-refractivity contribution in [3.63, 3.8) is 0 Å². The molecule has 6 atom stereocenters. The van der Waals surface area contributed by atoms with Gasteiger partial charge in [0.2, 0.25) is 5.60 Å². The highest BCUT2D eigenvalue weighted by Crippen LogP contribution is 2.48. The Labute approximate surface area is 300 Å². The molecule has 0 aliphatic carbocycles. The van der Waals surface area contributed by atoms with Crippen molar-refractivity contribution in [3.05, 3.63) is 54.5 Å². The van der Waals surface area contributed by atoms with Crippen LogP contribution in [0.4, 0.5) is 15.4 Å². The number of benzene rings is 1. The van der Waals surface area contributed by atoms with Crippen molar-refractivity contribution in [1.82, 2.24) is 19.7 Å². The van der Waals surface area contributed by atoms with Crippen LogP contribution >= 0.6 is 7.75 Å². The number of nitrogens with one attached hydrogen (secondary N) is 1. The van der Waals surface area contributed by atoms with E-state index in [1.807, 2.05) is 19.9 Å². The van der Waals surface area contributed by atoms with Gasteiger partial charge < -0.3 is 38.7 Å². The van der Waals surface area contributed by atoms with Gasteiger partial charge in [0.25, 0.3) is 0 Å². The average Bonchev–Trinajstić information content (AvgIpc) is 3.69. The van der Waals surface area contributed by atoms with Crippen LogP contribution in [0.1, 0.15) is 53.2 Å². The fourth-order valence-electron chi connectivity index (χ4n) is 5.34. The Hall–Kier alpha value is -4.95. The number of carbonyl (C=O) groups excluding carboxylic acids is 3. The fraction of sp³-hybridized carbons (Fsp3) is 0.515. The van der Waals surface area contributed by atoms with Crippen molar-refractivity contribution >= 4 is 37.4 Å². The largest absolute Gasteiger partial charge is 0.508 e. The molecule has 1 fully saturated rings. The Morgan fingerprint density at radius 2 is 1.71 bits per heavy atom. The van der Waals surface area contributed by atoms with Crippen molar-refractivity contribution in [1.29, 1.82) is 5.26 Å². The second kappa shape index (κ2) is 18.0. The Balaban J connectivity index is 1.73. The van der Waals surface area contributed by atoms with Gasteiger partial charge >= 0.3 is 26.0 Å². The molecular weight excluding hydrogens is 703 g/mol. The number of anilines is 1. The first-order valence-corrected chi connectivity index (χ1v) is 18.3. The number of aromatic nitrogens is 3. The van der Waals surface area contributed by atoms with Crippen LogP contribution in [0.15, 0.2) is 48.8 Å². The monoisotopic (exact) mass is 746 g/mol. The summed E-state index contributed by atoms with van der Waals surface area (Å²) in [4.78, 5) is 42.5. The van der Waals surface area contributed by atoms with E-state index in [0.717, 1.165) is 19.2 Å². The Bertz CT molecular complexity index is 1770. The molecule has 3 heterocycles. The fourth-order valence-corrected chi connectivity index (χ4v) is 6.84. The van der Waals surface area contributed by atoms with Gasteiger partial charge in [0.05, 0.1) is 32.1 Å². The van der Waals surface area contributed by atoms with E-state index in [9.17, 15) is 24.2 Å². The lowest BCUT2D eigenvalue weighted by Gasteiger charge is -2.28. The quantitative estimate of drug-likeness (QED) is 0.108. The number of para-hydroxylation sites is 1. The van der Waals surface area contributed by atoms with Gasteiger partial charge in [-0.1, -0.05) is 44.9 Å². The molecule has 0 radical (unpaired) electrons. The summed E-state index contributed by atoms with van der Waals surface area (Å²) in [5, 5.41) is 17.6. The molecule has 1 aromatic carbocycles. The molecular formula is C33H43N6O12P. The van der Waals surface area contributed by atoms with Gasteiger partial charge in [0.15, 0.2) is 18.0 Å². The normalized spacial score (nSPS) is 21.4. The van der Waals surface area contributed by atoms with E-state index >= 15 is 0 Å². The number of hydrogen-bond donors (Lipinski definition) is 2. The zero-order valence-electron chi connectivity index (χ0n) is 29.5. The number of hydrogen-bond acceptors (Lipinski definition) is 16. The van der Waals surface area contributed by atoms with Crippen LogP contribution in [0.25, 0.3) is 5.52 Å². The predicted molar refractivity (Wildman–Crippen MR) is 182 cm³/mol. The predicted octanol–water partition coefficient (Wildman–Crippen LogP) is 4.67. The second-order valence-corrected chi connectivity index (χ2v) is 13.2. The average molecular weight is 747 g/mol. The number of nitrogens with two attached hydrogens (primary N) is 1. The smallest absolute Gasteiger partial charge is 0.464 e. The van der Waals surface area contributed by atoms with Crippen LogP contribution in [0.5, 0.6) is 5.75 Å². The molecule has 0 bridgehead atoms. The Morgan fingerprint density at radius 1 is 1.04 bits per heavy atom. The van der Waals surface area contributed by atoms with Crippen molar-refractivity contribution < 1.29 is 56.4 Å². The Morgan fingerprint density at radius 3 is 2.35 bits per heavy atom. The van der Waals surface area contributed by atoms with E-state index < -0.39 is 62.6 Å². The minimum absolute atomic E-state index is 0.00373. The molecule has 282 valence electrons. The van der Waals surface area contributed by atoms with E-state index in [0.29, 0.717) is 0 Å². The minimum atomic E-state index is -4.51. The molecule has 0 amide bonds. The molecule has 3 N–H and O–H groups in total. The number of nitriles is 1. The summed E-state index contributed by atoms with van der Waals surface area (Å²) in [5.74, 6) is -0.386. The first-order chi connectivity index (χ1) is 24.9. The molecule has 52 heavy (non-hydrogen) atoms. The molecule has 19 heteroatoms. The molecule has 0 spiro atoms. The van der Waals surface area contributed by atoms with Crippen LogP contribution in [-0.2, 0) is 47.9 Å². The van der Waals surface area contributed by atoms with Crippen LogP contribution in [0.2, 0.25) is 0 Å². The zero-order valence-corrected chi connectivity index (χ0v) is 30.4. The van der Waals surface area contributed by atoms with Gasteiger partial charge in [-0.2, -0.15) is 15.4 Å². The van der Waals surface area contributed by atoms with Gasteiger partial charge in [-0.05, 0) is 51.0 Å². The van der Waals surface area contributed by atoms with Gasteiger partial charge in [0, 0.05) is 0 Å². The van der Waals surface area contributed by atoms with Gasteiger partial charge in [-0.3, -0.25) is 9.32 Å². The topological polar surface area (TPSA) is 234 Å². The van der Waals surface area contributed by atoms with E-state index in [-0.39, 0.29) is 48.5 Å². The number of esters is 1. The highest BCUT2D eigenvalue weighted by atomic mass is 31.2. The van der Waals surface area contributed by atoms with Crippen molar-refractivity contribution in [2.45, 2.75) is 77.4 Å². The van der Waals surface area contributed by atoms with E-state index in [2.05, 4.69) is 15.2 Å². The summed E-state index contributed by atoms with van der Waals surface area (Å²) in [6.07, 6.45) is -4.57. The third kappa shape index (κ3) is 9.28. The van der Waals surface area contributed by atoms with Crippen molar-refractivity contribution in [2.24, 2.45) is 5.92 Å². The van der Waals surface area contributed by atoms with E-state index in [1.165, 1.54) is 49.6 Å². The molecule has 1 aliphatic rings. The summed E-state index contributed by atoms with van der Waals surface area (Å²) in [5.41, 5.74) is 4.05. The van der Waals surface area contributed by atoms with E-state index in [4.69, 9.17) is 43.2 Å². The number of rotatable bonds is 17. The summed E-state index contributed by atoms with van der Waals surface area (Å²) >= 11 is 0. The second-order valence-electron chi connectivity index (χ2n) is 11.5. The molecule has 3 aromatic rings.